The number of halogens is 2. The topological polar surface area (TPSA) is 12.4 Å². The molecule has 0 aliphatic heterocycles. The van der Waals surface area contributed by atoms with Crippen LogP contribution in [0.4, 0.5) is 8.78 Å². The van der Waals surface area contributed by atoms with Crippen molar-refractivity contribution < 1.29 is 8.78 Å². The third kappa shape index (κ3) is 4.87. The van der Waals surface area contributed by atoms with E-state index in [2.05, 4.69) is 11.6 Å². The first-order chi connectivity index (χ1) is 4.16. The molecule has 0 atom stereocenters. The van der Waals surface area contributed by atoms with Crippen LogP contribution in [0, 0.1) is 0 Å². The van der Waals surface area contributed by atoms with Crippen LogP contribution in [0.2, 0.25) is 0 Å². The average Bonchev–Trinajstić information content (AvgIpc) is 1.63. The molecule has 0 fully saturated rings. The average molecular weight is 131 g/mol. The summed E-state index contributed by atoms with van der Waals surface area (Å²) in [5.74, 6) is -1.67. The van der Waals surface area contributed by atoms with E-state index in [0.717, 1.165) is 13.0 Å². The number of hydrogen-bond donors (Lipinski definition) is 0. The molecule has 0 N–H and O–H groups in total. The molecule has 9 heavy (non-hydrogen) atoms. The summed E-state index contributed by atoms with van der Waals surface area (Å²) in [4.78, 5) is 2.84. The first-order valence-corrected chi connectivity index (χ1v) is 2.36. The summed E-state index contributed by atoms with van der Waals surface area (Å²) < 4.78 is 23.7. The number of aliphatic imine (C=N–C) groups is 1. The van der Waals surface area contributed by atoms with Gasteiger partial charge in [-0.1, -0.05) is 12.7 Å². The van der Waals surface area contributed by atoms with Gasteiger partial charge in [-0.05, 0) is 6.08 Å². The maximum absolute atomic E-state index is 12.0. The third-order valence-corrected chi connectivity index (χ3v) is 0.516. The molecular weight excluding hydrogens is 124 g/mol. The summed E-state index contributed by atoms with van der Waals surface area (Å²) in [6.45, 7) is 4.27. The molecule has 0 amide bonds. The zero-order valence-corrected chi connectivity index (χ0v) is 5.06. The highest BCUT2D eigenvalue weighted by Gasteiger charge is 1.87. The molecule has 0 aromatic heterocycles. The Morgan fingerprint density at radius 3 is 2.44 bits per heavy atom. The number of allylic oxidation sites excluding steroid dienone is 2. The van der Waals surface area contributed by atoms with Crippen molar-refractivity contribution in [1.82, 2.24) is 0 Å². The first kappa shape index (κ1) is 8.01. The fourth-order valence-corrected chi connectivity index (χ4v) is 0.282. The molecule has 0 spiro atoms. The highest BCUT2D eigenvalue weighted by atomic mass is 19.1. The van der Waals surface area contributed by atoms with E-state index in [9.17, 15) is 8.78 Å². The minimum absolute atomic E-state index is 0.800. The molecule has 0 radical (unpaired) electrons. The molecule has 3 heteroatoms. The van der Waals surface area contributed by atoms with Crippen molar-refractivity contribution in [3.05, 3.63) is 24.7 Å². The van der Waals surface area contributed by atoms with Crippen LogP contribution in [-0.2, 0) is 0 Å². The smallest absolute Gasteiger partial charge is 0.195 e. The quantitative estimate of drug-likeness (QED) is 0.310. The predicted octanol–water partition coefficient (Wildman–Crippen LogP) is 2.37. The Hall–Kier alpha value is -0.990. The minimum atomic E-state index is -0.870. The van der Waals surface area contributed by atoms with E-state index in [0.29, 0.717) is 0 Å². The van der Waals surface area contributed by atoms with Gasteiger partial charge in [-0.25, -0.2) is 0 Å². The van der Waals surface area contributed by atoms with E-state index >= 15 is 0 Å². The Bertz CT molecular complexity index is 154. The van der Waals surface area contributed by atoms with Crippen LogP contribution in [0.1, 0.15) is 6.92 Å². The highest BCUT2D eigenvalue weighted by molar-refractivity contribution is 5.72. The molecule has 0 saturated carbocycles. The molecule has 1 nitrogen and oxygen atoms in total. The van der Waals surface area contributed by atoms with Crippen molar-refractivity contribution in [3.8, 4) is 0 Å². The van der Waals surface area contributed by atoms with Crippen LogP contribution in [-0.4, -0.2) is 5.97 Å². The lowest BCUT2D eigenvalue weighted by Crippen LogP contribution is -1.76. The summed E-state index contributed by atoms with van der Waals surface area (Å²) in [5, 5.41) is 0. The lowest BCUT2D eigenvalue weighted by Gasteiger charge is -1.82. The first-order valence-electron chi connectivity index (χ1n) is 2.36. The lowest BCUT2D eigenvalue weighted by atomic mass is 10.6. The van der Waals surface area contributed by atoms with E-state index in [1.165, 1.54) is 6.08 Å². The van der Waals surface area contributed by atoms with E-state index in [1.807, 2.05) is 0 Å². The fourth-order valence-electron chi connectivity index (χ4n) is 0.282. The number of nitrogens with zero attached hydrogens (tertiary/aromatic N) is 1. The summed E-state index contributed by atoms with van der Waals surface area (Å²) in [5.41, 5.74) is 0. The lowest BCUT2D eigenvalue weighted by molar-refractivity contribution is 0.620. The van der Waals surface area contributed by atoms with E-state index in [4.69, 9.17) is 0 Å². The van der Waals surface area contributed by atoms with Gasteiger partial charge in [0.25, 0.3) is 0 Å². The molecule has 0 saturated heterocycles. The monoisotopic (exact) mass is 131 g/mol. The van der Waals surface area contributed by atoms with Gasteiger partial charge in [-0.15, -0.1) is 0 Å². The van der Waals surface area contributed by atoms with E-state index < -0.39 is 11.9 Å². The predicted molar refractivity (Wildman–Crippen MR) is 33.6 cm³/mol. The van der Waals surface area contributed by atoms with Crippen LogP contribution in [0.15, 0.2) is 29.7 Å². The molecule has 0 aromatic rings. The second-order valence-corrected chi connectivity index (χ2v) is 1.33. The van der Waals surface area contributed by atoms with E-state index in [1.54, 1.807) is 0 Å². The Morgan fingerprint density at radius 2 is 2.11 bits per heavy atom. The summed E-state index contributed by atoms with van der Waals surface area (Å²) >= 11 is 0. The van der Waals surface area contributed by atoms with Crippen molar-refractivity contribution >= 4 is 5.97 Å². The van der Waals surface area contributed by atoms with Crippen LogP contribution >= 0.6 is 0 Å². The molecule has 0 aliphatic rings. The van der Waals surface area contributed by atoms with Crippen molar-refractivity contribution in [1.29, 1.82) is 0 Å². The SMILES string of the molecule is C=C/C=C(F)\N=C(/C)F. The van der Waals surface area contributed by atoms with Crippen molar-refractivity contribution in [2.45, 2.75) is 6.92 Å². The fraction of sp³-hybridized carbons (Fsp3) is 0.167. The Kier molecular flexibility index (Phi) is 3.51. The third-order valence-electron chi connectivity index (χ3n) is 0.516. The van der Waals surface area contributed by atoms with Gasteiger partial charge < -0.3 is 0 Å². The summed E-state index contributed by atoms with van der Waals surface area (Å²) in [6.07, 6.45) is 2.17. The second kappa shape index (κ2) is 3.95. The standard InChI is InChI=1S/C6H7F2N/c1-3-4-6(8)9-5(2)7/h3-4H,1H2,2H3/b6-4-,9-5+. The molecule has 0 rings (SSSR count). The number of hydrogen-bond acceptors (Lipinski definition) is 1. The largest absolute Gasteiger partial charge is 0.215 e. The van der Waals surface area contributed by atoms with Crippen LogP contribution in [0.5, 0.6) is 0 Å². The Labute approximate surface area is 52.4 Å². The summed E-state index contributed by atoms with van der Waals surface area (Å²) in [7, 11) is 0. The normalized spacial score (nSPS) is 13.7. The van der Waals surface area contributed by atoms with Gasteiger partial charge in [-0.2, -0.15) is 13.8 Å². The molecular formula is C6H7F2N. The molecule has 0 heterocycles. The Morgan fingerprint density at radius 1 is 1.56 bits per heavy atom. The summed E-state index contributed by atoms with van der Waals surface area (Å²) in [6, 6.07) is 0. The van der Waals surface area contributed by atoms with Gasteiger partial charge in [-0.3, -0.25) is 0 Å². The maximum atomic E-state index is 12.0. The van der Waals surface area contributed by atoms with Crippen molar-refractivity contribution in [2.24, 2.45) is 4.99 Å². The van der Waals surface area contributed by atoms with Gasteiger partial charge >= 0.3 is 0 Å². The molecule has 0 unspecified atom stereocenters. The van der Waals surface area contributed by atoms with Crippen molar-refractivity contribution in [2.75, 3.05) is 0 Å². The van der Waals surface area contributed by atoms with Crippen LogP contribution in [0.25, 0.3) is 0 Å². The second-order valence-electron chi connectivity index (χ2n) is 1.33. The Balaban J connectivity index is 4.05. The van der Waals surface area contributed by atoms with Crippen molar-refractivity contribution in [3.63, 3.8) is 0 Å². The zero-order chi connectivity index (χ0) is 7.28. The van der Waals surface area contributed by atoms with Crippen LogP contribution in [0.3, 0.4) is 0 Å². The van der Waals surface area contributed by atoms with Gasteiger partial charge in [0.05, 0.1) is 0 Å². The minimum Gasteiger partial charge on any atom is -0.195 e. The van der Waals surface area contributed by atoms with Gasteiger partial charge in [0, 0.05) is 6.92 Å². The molecule has 0 aliphatic carbocycles. The van der Waals surface area contributed by atoms with Gasteiger partial charge in [0.2, 0.25) is 5.95 Å². The van der Waals surface area contributed by atoms with E-state index in [-0.39, 0.29) is 0 Å². The molecule has 50 valence electrons. The van der Waals surface area contributed by atoms with Crippen LogP contribution < -0.4 is 0 Å². The van der Waals surface area contributed by atoms with Gasteiger partial charge in [0.15, 0.2) is 5.97 Å². The molecule has 0 bridgehead atoms. The zero-order valence-electron chi connectivity index (χ0n) is 5.06. The van der Waals surface area contributed by atoms with Gasteiger partial charge in [0.1, 0.15) is 0 Å². The number of rotatable bonds is 2. The maximum Gasteiger partial charge on any atom is 0.215 e. The highest BCUT2D eigenvalue weighted by Crippen LogP contribution is 1.98. The molecule has 0 aromatic carbocycles.